The van der Waals surface area contributed by atoms with Crippen LogP contribution in [0.4, 0.5) is 0 Å². The summed E-state index contributed by atoms with van der Waals surface area (Å²) in [4.78, 5) is 23.8. The summed E-state index contributed by atoms with van der Waals surface area (Å²) >= 11 is 0. The van der Waals surface area contributed by atoms with E-state index in [0.717, 1.165) is 37.0 Å². The lowest BCUT2D eigenvalue weighted by molar-refractivity contribution is 0.0946. The Balaban J connectivity index is 1.48. The van der Waals surface area contributed by atoms with Crippen LogP contribution in [0.2, 0.25) is 0 Å². The molecule has 2 aromatic carbocycles. The molecule has 1 atom stereocenters. The molecule has 142 valence electrons. The van der Waals surface area contributed by atoms with E-state index in [1.807, 2.05) is 48.5 Å². The topological polar surface area (TPSA) is 55.4 Å². The van der Waals surface area contributed by atoms with Crippen molar-refractivity contribution in [2.45, 2.75) is 45.1 Å². The molecule has 3 rings (SSSR count). The van der Waals surface area contributed by atoms with Gasteiger partial charge < -0.3 is 10.1 Å². The van der Waals surface area contributed by atoms with Crippen LogP contribution in [0.5, 0.6) is 0 Å². The molecule has 1 aliphatic rings. The summed E-state index contributed by atoms with van der Waals surface area (Å²) in [6.07, 6.45) is 5.92. The number of Topliss-reactive ketones (excluding diaryl/α,β-unsaturated/α-hetero) is 1. The van der Waals surface area contributed by atoms with Crippen molar-refractivity contribution in [1.29, 1.82) is 0 Å². The SMILES string of the molecule is CC(=O)c1cccc(-c2ccc(C(=O)NCCCCC3CCCO3)cc2)c1. The van der Waals surface area contributed by atoms with Crippen molar-refractivity contribution in [3.8, 4) is 11.1 Å². The fourth-order valence-electron chi connectivity index (χ4n) is 3.40. The Morgan fingerprint density at radius 2 is 1.85 bits per heavy atom. The number of carbonyl (C=O) groups excluding carboxylic acids is 2. The van der Waals surface area contributed by atoms with Crippen LogP contribution in [0.25, 0.3) is 11.1 Å². The maximum atomic E-state index is 12.3. The first-order chi connectivity index (χ1) is 13.1. The fourth-order valence-corrected chi connectivity index (χ4v) is 3.40. The quantitative estimate of drug-likeness (QED) is 0.548. The Hall–Kier alpha value is -2.46. The van der Waals surface area contributed by atoms with Gasteiger partial charge >= 0.3 is 0 Å². The van der Waals surface area contributed by atoms with Crippen molar-refractivity contribution in [3.05, 3.63) is 59.7 Å². The summed E-state index contributed by atoms with van der Waals surface area (Å²) in [5, 5.41) is 2.98. The van der Waals surface area contributed by atoms with Gasteiger partial charge in [-0.1, -0.05) is 30.3 Å². The van der Waals surface area contributed by atoms with Crippen LogP contribution < -0.4 is 5.32 Å². The van der Waals surface area contributed by atoms with E-state index >= 15 is 0 Å². The highest BCUT2D eigenvalue weighted by atomic mass is 16.5. The lowest BCUT2D eigenvalue weighted by atomic mass is 10.0. The van der Waals surface area contributed by atoms with Crippen molar-refractivity contribution in [2.24, 2.45) is 0 Å². The monoisotopic (exact) mass is 365 g/mol. The molecule has 0 radical (unpaired) electrons. The number of benzene rings is 2. The first-order valence-electron chi connectivity index (χ1n) is 9.75. The molecule has 1 N–H and O–H groups in total. The van der Waals surface area contributed by atoms with E-state index in [0.29, 0.717) is 23.8 Å². The van der Waals surface area contributed by atoms with E-state index in [9.17, 15) is 9.59 Å². The maximum absolute atomic E-state index is 12.3. The Labute approximate surface area is 160 Å². The minimum absolute atomic E-state index is 0.0452. The molecule has 0 aromatic heterocycles. The second-order valence-electron chi connectivity index (χ2n) is 7.10. The van der Waals surface area contributed by atoms with Crippen LogP contribution in [0.15, 0.2) is 48.5 Å². The van der Waals surface area contributed by atoms with Gasteiger partial charge in [0.15, 0.2) is 5.78 Å². The molecule has 27 heavy (non-hydrogen) atoms. The molecule has 1 fully saturated rings. The van der Waals surface area contributed by atoms with Gasteiger partial charge in [0.2, 0.25) is 0 Å². The standard InChI is InChI=1S/C23H27NO3/c1-17(25)20-6-4-7-21(16-20)18-10-12-19(13-11-18)23(26)24-14-3-2-8-22-9-5-15-27-22/h4,6-7,10-13,16,22H,2-3,5,8-9,14-15H2,1H3,(H,24,26). The Morgan fingerprint density at radius 1 is 1.04 bits per heavy atom. The van der Waals surface area contributed by atoms with Gasteiger partial charge in [-0.2, -0.15) is 0 Å². The summed E-state index contributed by atoms with van der Waals surface area (Å²) in [7, 11) is 0. The summed E-state index contributed by atoms with van der Waals surface area (Å²) in [5.41, 5.74) is 3.31. The molecule has 1 unspecified atom stereocenters. The van der Waals surface area contributed by atoms with E-state index in [-0.39, 0.29) is 11.7 Å². The van der Waals surface area contributed by atoms with Crippen molar-refractivity contribution in [1.82, 2.24) is 5.32 Å². The molecule has 0 saturated carbocycles. The summed E-state index contributed by atoms with van der Waals surface area (Å²) < 4.78 is 5.61. The van der Waals surface area contributed by atoms with Crippen LogP contribution in [-0.2, 0) is 4.74 Å². The molecule has 4 heteroatoms. The van der Waals surface area contributed by atoms with Gasteiger partial charge in [0.05, 0.1) is 6.10 Å². The van der Waals surface area contributed by atoms with Crippen LogP contribution in [0, 0.1) is 0 Å². The molecular weight excluding hydrogens is 338 g/mol. The van der Waals surface area contributed by atoms with E-state index in [1.54, 1.807) is 6.92 Å². The summed E-state index contributed by atoms with van der Waals surface area (Å²) in [6.45, 7) is 3.15. The Bertz CT molecular complexity index is 776. The van der Waals surface area contributed by atoms with E-state index in [4.69, 9.17) is 4.74 Å². The number of rotatable bonds is 8. The first-order valence-corrected chi connectivity index (χ1v) is 9.75. The number of hydrogen-bond acceptors (Lipinski definition) is 3. The normalized spacial score (nSPS) is 16.3. The van der Waals surface area contributed by atoms with Gasteiger partial charge in [-0.3, -0.25) is 9.59 Å². The van der Waals surface area contributed by atoms with Crippen LogP contribution in [0.3, 0.4) is 0 Å². The average molecular weight is 365 g/mol. The molecular formula is C23H27NO3. The number of nitrogens with one attached hydrogen (secondary N) is 1. The third kappa shape index (κ3) is 5.51. The minimum Gasteiger partial charge on any atom is -0.378 e. The molecule has 1 amide bonds. The van der Waals surface area contributed by atoms with E-state index in [1.165, 1.54) is 12.8 Å². The highest BCUT2D eigenvalue weighted by Crippen LogP contribution is 2.21. The van der Waals surface area contributed by atoms with Gasteiger partial charge in [0, 0.05) is 24.3 Å². The average Bonchev–Trinajstić information content (AvgIpc) is 3.21. The zero-order chi connectivity index (χ0) is 19.1. The van der Waals surface area contributed by atoms with Crippen LogP contribution in [0.1, 0.15) is 59.7 Å². The zero-order valence-corrected chi connectivity index (χ0v) is 15.9. The Morgan fingerprint density at radius 3 is 2.56 bits per heavy atom. The molecule has 1 aliphatic heterocycles. The van der Waals surface area contributed by atoms with Gasteiger partial charge in [0.1, 0.15) is 0 Å². The number of ether oxygens (including phenoxy) is 1. The lowest BCUT2D eigenvalue weighted by Gasteiger charge is -2.09. The van der Waals surface area contributed by atoms with Gasteiger partial charge in [0.25, 0.3) is 5.91 Å². The maximum Gasteiger partial charge on any atom is 0.251 e. The van der Waals surface area contributed by atoms with Crippen molar-refractivity contribution in [3.63, 3.8) is 0 Å². The van der Waals surface area contributed by atoms with Crippen LogP contribution >= 0.6 is 0 Å². The largest absolute Gasteiger partial charge is 0.378 e. The highest BCUT2D eigenvalue weighted by molar-refractivity contribution is 5.96. The van der Waals surface area contributed by atoms with Crippen molar-refractivity contribution < 1.29 is 14.3 Å². The highest BCUT2D eigenvalue weighted by Gasteiger charge is 2.14. The Kier molecular flexibility index (Phi) is 6.77. The van der Waals surface area contributed by atoms with Crippen molar-refractivity contribution >= 4 is 11.7 Å². The zero-order valence-electron chi connectivity index (χ0n) is 15.9. The molecule has 0 aliphatic carbocycles. The number of ketones is 1. The predicted octanol–water partition coefficient (Wildman–Crippen LogP) is 4.64. The number of unbranched alkanes of at least 4 members (excludes halogenated alkanes) is 1. The molecule has 0 bridgehead atoms. The number of carbonyl (C=O) groups is 2. The number of amides is 1. The molecule has 1 heterocycles. The molecule has 0 spiro atoms. The third-order valence-electron chi connectivity index (χ3n) is 5.01. The summed E-state index contributed by atoms with van der Waals surface area (Å²) in [6, 6.07) is 15.0. The van der Waals surface area contributed by atoms with E-state index < -0.39 is 0 Å². The second-order valence-corrected chi connectivity index (χ2v) is 7.10. The van der Waals surface area contributed by atoms with Gasteiger partial charge in [-0.05, 0) is 68.4 Å². The second kappa shape index (κ2) is 9.47. The first kappa shape index (κ1) is 19.3. The van der Waals surface area contributed by atoms with Crippen LogP contribution in [-0.4, -0.2) is 30.9 Å². The fraction of sp³-hybridized carbons (Fsp3) is 0.391. The van der Waals surface area contributed by atoms with Crippen molar-refractivity contribution in [2.75, 3.05) is 13.2 Å². The molecule has 1 saturated heterocycles. The van der Waals surface area contributed by atoms with Gasteiger partial charge in [-0.25, -0.2) is 0 Å². The molecule has 2 aromatic rings. The van der Waals surface area contributed by atoms with Gasteiger partial charge in [-0.15, -0.1) is 0 Å². The smallest absolute Gasteiger partial charge is 0.251 e. The molecule has 4 nitrogen and oxygen atoms in total. The third-order valence-corrected chi connectivity index (χ3v) is 5.01. The number of hydrogen-bond donors (Lipinski definition) is 1. The predicted molar refractivity (Wildman–Crippen MR) is 107 cm³/mol. The lowest BCUT2D eigenvalue weighted by Crippen LogP contribution is -2.24. The minimum atomic E-state index is -0.0452. The van der Waals surface area contributed by atoms with E-state index in [2.05, 4.69) is 5.32 Å². The summed E-state index contributed by atoms with van der Waals surface area (Å²) in [5.74, 6) is 0.00324.